The van der Waals surface area contributed by atoms with Crippen molar-refractivity contribution in [3.05, 3.63) is 60.2 Å². The number of hydrogen-bond donors (Lipinski definition) is 0. The summed E-state index contributed by atoms with van der Waals surface area (Å²) in [6, 6.07) is 16.9. The molecule has 4 nitrogen and oxygen atoms in total. The maximum Gasteiger partial charge on any atom is 0.247 e. The van der Waals surface area contributed by atoms with Gasteiger partial charge in [0.1, 0.15) is 5.75 Å². The number of benzene rings is 2. The fraction of sp³-hybridized carbons (Fsp3) is 0.222. The Morgan fingerprint density at radius 3 is 2.43 bits per heavy atom. The molecule has 118 valence electrons. The van der Waals surface area contributed by atoms with Crippen LogP contribution in [0.4, 0.5) is 5.69 Å². The first-order chi connectivity index (χ1) is 11.2. The van der Waals surface area contributed by atoms with Crippen LogP contribution in [-0.2, 0) is 15.3 Å². The molecule has 0 bridgehead atoms. The standard InChI is InChI=1S/C18H17NO3S/c1-22-15-9-7-14(8-10-15)19-17(20)11-16(18(19)21)23-12-13-5-3-2-4-6-13/h2-10,16H,11-12H2,1H3. The highest BCUT2D eigenvalue weighted by molar-refractivity contribution is 7.99. The SMILES string of the molecule is COc1ccc(N2C(=O)CC(SCc3ccccc3)C2=O)cc1. The van der Waals surface area contributed by atoms with Gasteiger partial charge in [-0.05, 0) is 29.8 Å². The van der Waals surface area contributed by atoms with E-state index in [1.165, 1.54) is 16.7 Å². The number of methoxy groups -OCH3 is 1. The molecular formula is C18H17NO3S. The number of ether oxygens (including phenoxy) is 1. The van der Waals surface area contributed by atoms with Crippen molar-refractivity contribution in [2.24, 2.45) is 0 Å². The van der Waals surface area contributed by atoms with E-state index in [0.29, 0.717) is 11.4 Å². The quantitative estimate of drug-likeness (QED) is 0.791. The second-order valence-electron chi connectivity index (χ2n) is 5.25. The van der Waals surface area contributed by atoms with Crippen LogP contribution in [0.1, 0.15) is 12.0 Å². The van der Waals surface area contributed by atoms with Crippen LogP contribution in [0.15, 0.2) is 54.6 Å². The van der Waals surface area contributed by atoms with Gasteiger partial charge in [-0.1, -0.05) is 30.3 Å². The highest BCUT2D eigenvalue weighted by Crippen LogP contribution is 2.32. The molecule has 2 amide bonds. The normalized spacial score (nSPS) is 17.6. The Hall–Kier alpha value is -2.27. The lowest BCUT2D eigenvalue weighted by atomic mass is 10.2. The smallest absolute Gasteiger partial charge is 0.247 e. The minimum absolute atomic E-state index is 0.138. The molecule has 0 radical (unpaired) electrons. The molecule has 3 rings (SSSR count). The summed E-state index contributed by atoms with van der Waals surface area (Å²) < 4.78 is 5.10. The Labute approximate surface area is 139 Å². The summed E-state index contributed by atoms with van der Waals surface area (Å²) in [5, 5.41) is -0.315. The van der Waals surface area contributed by atoms with E-state index in [1.807, 2.05) is 30.3 Å². The van der Waals surface area contributed by atoms with E-state index in [4.69, 9.17) is 4.74 Å². The summed E-state index contributed by atoms with van der Waals surface area (Å²) in [4.78, 5) is 26.0. The molecule has 0 aromatic heterocycles. The number of nitrogens with zero attached hydrogens (tertiary/aromatic N) is 1. The number of thioether (sulfide) groups is 1. The Bertz CT molecular complexity index is 700. The summed E-state index contributed by atoms with van der Waals surface area (Å²) in [6.45, 7) is 0. The predicted molar refractivity (Wildman–Crippen MR) is 91.6 cm³/mol. The van der Waals surface area contributed by atoms with Crippen molar-refractivity contribution >= 4 is 29.3 Å². The Morgan fingerprint density at radius 1 is 1.09 bits per heavy atom. The third-order valence-corrected chi connectivity index (χ3v) is 5.00. The highest BCUT2D eigenvalue weighted by atomic mass is 32.2. The number of carbonyl (C=O) groups excluding carboxylic acids is 2. The molecule has 23 heavy (non-hydrogen) atoms. The molecule has 1 saturated heterocycles. The fourth-order valence-electron chi connectivity index (χ4n) is 2.51. The van der Waals surface area contributed by atoms with Gasteiger partial charge in [-0.15, -0.1) is 11.8 Å². The number of rotatable bonds is 5. The number of imide groups is 1. The van der Waals surface area contributed by atoms with Crippen molar-refractivity contribution in [2.45, 2.75) is 17.4 Å². The van der Waals surface area contributed by atoms with Crippen LogP contribution in [0.5, 0.6) is 5.75 Å². The van der Waals surface area contributed by atoms with E-state index in [9.17, 15) is 9.59 Å². The zero-order chi connectivity index (χ0) is 16.2. The molecule has 0 N–H and O–H groups in total. The molecule has 0 aliphatic carbocycles. The van der Waals surface area contributed by atoms with Crippen LogP contribution in [0.2, 0.25) is 0 Å². The highest BCUT2D eigenvalue weighted by Gasteiger charge is 2.39. The molecule has 0 saturated carbocycles. The van der Waals surface area contributed by atoms with Gasteiger partial charge in [0.15, 0.2) is 0 Å². The predicted octanol–water partition coefficient (Wildman–Crippen LogP) is 3.26. The van der Waals surface area contributed by atoms with Crippen molar-refractivity contribution < 1.29 is 14.3 Å². The molecule has 1 heterocycles. The fourth-order valence-corrected chi connectivity index (χ4v) is 3.60. The summed E-state index contributed by atoms with van der Waals surface area (Å²) in [6.07, 6.45) is 0.252. The van der Waals surface area contributed by atoms with Crippen molar-refractivity contribution in [3.8, 4) is 5.75 Å². The van der Waals surface area contributed by atoms with E-state index in [0.717, 1.165) is 11.3 Å². The lowest BCUT2D eigenvalue weighted by Crippen LogP contribution is -2.31. The van der Waals surface area contributed by atoms with Gasteiger partial charge < -0.3 is 4.74 Å². The minimum Gasteiger partial charge on any atom is -0.497 e. The molecular weight excluding hydrogens is 310 g/mol. The monoisotopic (exact) mass is 327 g/mol. The van der Waals surface area contributed by atoms with Gasteiger partial charge >= 0.3 is 0 Å². The van der Waals surface area contributed by atoms with Gasteiger partial charge in [-0.2, -0.15) is 0 Å². The van der Waals surface area contributed by atoms with Crippen LogP contribution in [-0.4, -0.2) is 24.2 Å². The van der Waals surface area contributed by atoms with Crippen LogP contribution in [0.3, 0.4) is 0 Å². The minimum atomic E-state index is -0.315. The number of anilines is 1. The van der Waals surface area contributed by atoms with E-state index < -0.39 is 0 Å². The van der Waals surface area contributed by atoms with Gasteiger partial charge in [0.05, 0.1) is 18.0 Å². The van der Waals surface area contributed by atoms with Crippen molar-refractivity contribution in [2.75, 3.05) is 12.0 Å². The largest absolute Gasteiger partial charge is 0.497 e. The van der Waals surface area contributed by atoms with Crippen LogP contribution in [0.25, 0.3) is 0 Å². The van der Waals surface area contributed by atoms with E-state index in [2.05, 4.69) is 0 Å². The van der Waals surface area contributed by atoms with Gasteiger partial charge in [-0.3, -0.25) is 9.59 Å². The molecule has 2 aromatic rings. The van der Waals surface area contributed by atoms with Gasteiger partial charge in [0.25, 0.3) is 0 Å². The summed E-state index contributed by atoms with van der Waals surface area (Å²) in [5.74, 6) is 1.13. The molecule has 1 atom stereocenters. The molecule has 5 heteroatoms. The molecule has 1 fully saturated rings. The Morgan fingerprint density at radius 2 is 1.78 bits per heavy atom. The summed E-state index contributed by atoms with van der Waals surface area (Å²) in [5.41, 5.74) is 1.75. The molecule has 1 aliphatic rings. The van der Waals surface area contributed by atoms with E-state index in [1.54, 1.807) is 31.4 Å². The molecule has 1 aliphatic heterocycles. The van der Waals surface area contributed by atoms with E-state index in [-0.39, 0.29) is 23.5 Å². The zero-order valence-corrected chi connectivity index (χ0v) is 13.6. The van der Waals surface area contributed by atoms with Gasteiger partial charge in [0, 0.05) is 12.2 Å². The van der Waals surface area contributed by atoms with Crippen LogP contribution in [0, 0.1) is 0 Å². The van der Waals surface area contributed by atoms with Crippen molar-refractivity contribution in [3.63, 3.8) is 0 Å². The first kappa shape index (κ1) is 15.6. The zero-order valence-electron chi connectivity index (χ0n) is 12.8. The average molecular weight is 327 g/mol. The molecule has 0 spiro atoms. The van der Waals surface area contributed by atoms with Gasteiger partial charge in [-0.25, -0.2) is 4.90 Å². The maximum atomic E-state index is 12.5. The number of carbonyl (C=O) groups is 2. The third kappa shape index (κ3) is 3.40. The number of hydrogen-bond acceptors (Lipinski definition) is 4. The summed E-state index contributed by atoms with van der Waals surface area (Å²) in [7, 11) is 1.58. The maximum absolute atomic E-state index is 12.5. The first-order valence-electron chi connectivity index (χ1n) is 7.35. The summed E-state index contributed by atoms with van der Waals surface area (Å²) >= 11 is 1.52. The molecule has 1 unspecified atom stereocenters. The average Bonchev–Trinajstić information content (AvgIpc) is 2.88. The van der Waals surface area contributed by atoms with E-state index >= 15 is 0 Å². The Balaban J connectivity index is 1.69. The Kier molecular flexibility index (Phi) is 4.67. The third-order valence-electron chi connectivity index (χ3n) is 3.73. The number of amides is 2. The second kappa shape index (κ2) is 6.87. The van der Waals surface area contributed by atoms with Crippen molar-refractivity contribution in [1.82, 2.24) is 0 Å². The lowest BCUT2D eigenvalue weighted by molar-refractivity contribution is -0.121. The lowest BCUT2D eigenvalue weighted by Gasteiger charge is -2.15. The van der Waals surface area contributed by atoms with Crippen LogP contribution >= 0.6 is 11.8 Å². The van der Waals surface area contributed by atoms with Crippen LogP contribution < -0.4 is 9.64 Å². The topological polar surface area (TPSA) is 46.6 Å². The van der Waals surface area contributed by atoms with Crippen molar-refractivity contribution in [1.29, 1.82) is 0 Å². The van der Waals surface area contributed by atoms with Gasteiger partial charge in [0.2, 0.25) is 11.8 Å². The second-order valence-corrected chi connectivity index (χ2v) is 6.45. The first-order valence-corrected chi connectivity index (χ1v) is 8.40. The molecule has 2 aromatic carbocycles.